The van der Waals surface area contributed by atoms with Crippen molar-refractivity contribution in [2.45, 2.75) is 31.7 Å². The van der Waals surface area contributed by atoms with Crippen LogP contribution in [0.3, 0.4) is 0 Å². The topological polar surface area (TPSA) is 80.0 Å². The number of hydrogen-bond acceptors (Lipinski definition) is 4. The third kappa shape index (κ3) is 2.30. The van der Waals surface area contributed by atoms with Crippen molar-refractivity contribution >= 4 is 11.6 Å². The summed E-state index contributed by atoms with van der Waals surface area (Å²) in [6.45, 7) is 0. The van der Waals surface area contributed by atoms with Crippen molar-refractivity contribution in [1.82, 2.24) is 10.3 Å². The minimum Gasteiger partial charge on any atom is -0.349 e. The number of nitrogens with two attached hydrogens (primary N) is 1. The Kier molecular flexibility index (Phi) is 3.36. The first-order valence-electron chi connectivity index (χ1n) is 5.53. The van der Waals surface area contributed by atoms with Gasteiger partial charge in [0, 0.05) is 12.2 Å². The van der Waals surface area contributed by atoms with Crippen LogP contribution in [0.1, 0.15) is 36.0 Å². The molecule has 4 N–H and O–H groups in total. The molecule has 0 bridgehead atoms. The smallest absolute Gasteiger partial charge is 0.253 e. The van der Waals surface area contributed by atoms with E-state index in [9.17, 15) is 4.79 Å². The summed E-state index contributed by atoms with van der Waals surface area (Å²) in [7, 11) is 0. The molecule has 5 nitrogen and oxygen atoms in total. The zero-order valence-electron chi connectivity index (χ0n) is 9.07. The molecule has 0 aromatic carbocycles. The van der Waals surface area contributed by atoms with Crippen LogP contribution in [0.5, 0.6) is 0 Å². The van der Waals surface area contributed by atoms with Gasteiger partial charge in [-0.05, 0) is 18.9 Å². The van der Waals surface area contributed by atoms with Gasteiger partial charge in [-0.3, -0.25) is 15.6 Å². The molecule has 1 aromatic heterocycles. The van der Waals surface area contributed by atoms with Crippen molar-refractivity contribution in [2.24, 2.45) is 5.84 Å². The monoisotopic (exact) mass is 220 g/mol. The Balaban J connectivity index is 2.07. The van der Waals surface area contributed by atoms with Gasteiger partial charge in [0.15, 0.2) is 0 Å². The highest BCUT2D eigenvalue weighted by atomic mass is 16.1. The number of hydrazine groups is 1. The molecule has 16 heavy (non-hydrogen) atoms. The van der Waals surface area contributed by atoms with E-state index in [1.165, 1.54) is 12.8 Å². The number of aromatic nitrogens is 1. The zero-order chi connectivity index (χ0) is 11.4. The van der Waals surface area contributed by atoms with Crippen LogP contribution in [0, 0.1) is 0 Å². The second-order valence-corrected chi connectivity index (χ2v) is 4.02. The Hall–Kier alpha value is -1.62. The Morgan fingerprint density at radius 1 is 1.44 bits per heavy atom. The minimum atomic E-state index is -0.0812. The summed E-state index contributed by atoms with van der Waals surface area (Å²) in [6, 6.07) is 1.98. The number of pyridine rings is 1. The highest BCUT2D eigenvalue weighted by molar-refractivity contribution is 5.99. The van der Waals surface area contributed by atoms with E-state index in [1.54, 1.807) is 18.5 Å². The lowest BCUT2D eigenvalue weighted by atomic mass is 10.2. The Morgan fingerprint density at radius 2 is 2.19 bits per heavy atom. The first kappa shape index (κ1) is 10.9. The molecule has 1 amide bonds. The van der Waals surface area contributed by atoms with Crippen LogP contribution in [0.4, 0.5) is 5.69 Å². The van der Waals surface area contributed by atoms with Crippen molar-refractivity contribution in [3.8, 4) is 0 Å². The van der Waals surface area contributed by atoms with Gasteiger partial charge in [-0.15, -0.1) is 0 Å². The molecule has 0 atom stereocenters. The molecule has 0 saturated heterocycles. The van der Waals surface area contributed by atoms with Gasteiger partial charge >= 0.3 is 0 Å². The van der Waals surface area contributed by atoms with Crippen molar-refractivity contribution in [1.29, 1.82) is 0 Å². The van der Waals surface area contributed by atoms with Gasteiger partial charge in [-0.2, -0.15) is 0 Å². The number of nitrogens with one attached hydrogen (secondary N) is 2. The number of hydrogen-bond donors (Lipinski definition) is 3. The van der Waals surface area contributed by atoms with E-state index < -0.39 is 0 Å². The van der Waals surface area contributed by atoms with Crippen LogP contribution >= 0.6 is 0 Å². The van der Waals surface area contributed by atoms with Crippen molar-refractivity contribution in [3.05, 3.63) is 24.0 Å². The maximum absolute atomic E-state index is 11.9. The molecule has 5 heteroatoms. The third-order valence-corrected chi connectivity index (χ3v) is 2.91. The lowest BCUT2D eigenvalue weighted by Gasteiger charge is -2.13. The van der Waals surface area contributed by atoms with Gasteiger partial charge in [-0.1, -0.05) is 12.8 Å². The fourth-order valence-corrected chi connectivity index (χ4v) is 2.04. The summed E-state index contributed by atoms with van der Waals surface area (Å²) in [5, 5.41) is 3.01. The fraction of sp³-hybridized carbons (Fsp3) is 0.455. The normalized spacial score (nSPS) is 16.1. The first-order chi connectivity index (χ1) is 7.81. The number of carbonyl (C=O) groups excluding carboxylic acids is 1. The molecule has 1 aliphatic carbocycles. The third-order valence-electron chi connectivity index (χ3n) is 2.91. The van der Waals surface area contributed by atoms with E-state index in [4.69, 9.17) is 5.84 Å². The van der Waals surface area contributed by atoms with Crippen molar-refractivity contribution in [3.63, 3.8) is 0 Å². The van der Waals surface area contributed by atoms with E-state index in [1.807, 2.05) is 0 Å². The lowest BCUT2D eigenvalue weighted by molar-refractivity contribution is 0.0938. The number of rotatable bonds is 3. The van der Waals surface area contributed by atoms with Crippen LogP contribution in [0.25, 0.3) is 0 Å². The molecular weight excluding hydrogens is 204 g/mol. The van der Waals surface area contributed by atoms with Gasteiger partial charge in [0.05, 0.1) is 17.4 Å². The molecule has 0 aliphatic heterocycles. The molecule has 0 unspecified atom stereocenters. The lowest BCUT2D eigenvalue weighted by Crippen LogP contribution is -2.33. The predicted molar refractivity (Wildman–Crippen MR) is 61.8 cm³/mol. The van der Waals surface area contributed by atoms with E-state index in [-0.39, 0.29) is 5.91 Å². The number of carbonyl (C=O) groups is 1. The molecule has 2 rings (SSSR count). The van der Waals surface area contributed by atoms with Crippen molar-refractivity contribution in [2.75, 3.05) is 5.43 Å². The molecule has 0 radical (unpaired) electrons. The molecular formula is C11H16N4O. The summed E-state index contributed by atoms with van der Waals surface area (Å²) in [5.41, 5.74) is 3.58. The molecule has 0 spiro atoms. The number of anilines is 1. The number of amides is 1. The van der Waals surface area contributed by atoms with E-state index >= 15 is 0 Å². The SMILES string of the molecule is NNc1cnccc1C(=O)NC1CCCC1. The summed E-state index contributed by atoms with van der Waals surface area (Å²) >= 11 is 0. The maximum Gasteiger partial charge on any atom is 0.253 e. The van der Waals surface area contributed by atoms with Crippen LogP contribution in [-0.4, -0.2) is 16.9 Å². The van der Waals surface area contributed by atoms with Gasteiger partial charge in [0.25, 0.3) is 5.91 Å². The summed E-state index contributed by atoms with van der Waals surface area (Å²) in [6.07, 6.45) is 7.67. The van der Waals surface area contributed by atoms with Gasteiger partial charge in [0.1, 0.15) is 0 Å². The Labute approximate surface area is 94.4 Å². The second kappa shape index (κ2) is 4.94. The van der Waals surface area contributed by atoms with Gasteiger partial charge in [-0.25, -0.2) is 0 Å². The van der Waals surface area contributed by atoms with E-state index in [0.717, 1.165) is 12.8 Å². The summed E-state index contributed by atoms with van der Waals surface area (Å²) in [5.74, 6) is 5.25. The second-order valence-electron chi connectivity index (χ2n) is 4.02. The average Bonchev–Trinajstić information content (AvgIpc) is 2.81. The maximum atomic E-state index is 11.9. The fourth-order valence-electron chi connectivity index (χ4n) is 2.04. The standard InChI is InChI=1S/C11H16N4O/c12-15-10-7-13-6-5-9(10)11(16)14-8-3-1-2-4-8/h5-8,15H,1-4,12H2,(H,14,16). The largest absolute Gasteiger partial charge is 0.349 e. The molecule has 1 heterocycles. The predicted octanol–water partition coefficient (Wildman–Crippen LogP) is 1.04. The quantitative estimate of drug-likeness (QED) is 0.525. The first-order valence-corrected chi connectivity index (χ1v) is 5.53. The number of nitrogen functional groups attached to an aromatic ring is 1. The summed E-state index contributed by atoms with van der Waals surface area (Å²) in [4.78, 5) is 15.9. The molecule has 1 saturated carbocycles. The van der Waals surface area contributed by atoms with E-state index in [2.05, 4.69) is 15.7 Å². The molecule has 1 aromatic rings. The molecule has 1 fully saturated rings. The van der Waals surface area contributed by atoms with Crippen LogP contribution in [0.2, 0.25) is 0 Å². The van der Waals surface area contributed by atoms with Crippen LogP contribution in [0.15, 0.2) is 18.5 Å². The minimum absolute atomic E-state index is 0.0812. The Morgan fingerprint density at radius 3 is 2.88 bits per heavy atom. The van der Waals surface area contributed by atoms with Gasteiger partial charge in [0.2, 0.25) is 0 Å². The highest BCUT2D eigenvalue weighted by Gasteiger charge is 2.19. The molecule has 86 valence electrons. The van der Waals surface area contributed by atoms with E-state index in [0.29, 0.717) is 17.3 Å². The average molecular weight is 220 g/mol. The summed E-state index contributed by atoms with van der Waals surface area (Å²) < 4.78 is 0. The Bertz CT molecular complexity index is 374. The van der Waals surface area contributed by atoms with Crippen molar-refractivity contribution < 1.29 is 4.79 Å². The number of nitrogens with zero attached hydrogens (tertiary/aromatic N) is 1. The van der Waals surface area contributed by atoms with Crippen LogP contribution < -0.4 is 16.6 Å². The van der Waals surface area contributed by atoms with Crippen LogP contribution in [-0.2, 0) is 0 Å². The van der Waals surface area contributed by atoms with Gasteiger partial charge < -0.3 is 10.7 Å². The zero-order valence-corrected chi connectivity index (χ0v) is 9.07. The highest BCUT2D eigenvalue weighted by Crippen LogP contribution is 2.19. The molecule has 1 aliphatic rings.